The molecule has 2 rings (SSSR count). The smallest absolute Gasteiger partial charge is 0.406 e. The Kier molecular flexibility index (Phi) is 4.55. The van der Waals surface area contributed by atoms with E-state index in [1.165, 1.54) is 12.1 Å². The highest BCUT2D eigenvalue weighted by Gasteiger charge is 2.38. The van der Waals surface area contributed by atoms with Gasteiger partial charge in [0.2, 0.25) is 0 Å². The van der Waals surface area contributed by atoms with E-state index >= 15 is 0 Å². The number of ether oxygens (including phenoxy) is 1. The maximum Gasteiger partial charge on any atom is 0.573 e. The molecule has 22 heavy (non-hydrogen) atoms. The molecule has 1 aromatic carbocycles. The molecule has 1 N–H and O–H groups in total. The molecule has 7 heteroatoms. The van der Waals surface area contributed by atoms with Crippen LogP contribution in [-0.4, -0.2) is 19.5 Å². The number of alkyl halides is 3. The summed E-state index contributed by atoms with van der Waals surface area (Å²) in [6.07, 6.45) is 0.404. The van der Waals surface area contributed by atoms with Gasteiger partial charge in [-0.3, -0.25) is 4.48 Å². The molecule has 0 bridgehead atoms. The van der Waals surface area contributed by atoms with Crippen molar-refractivity contribution in [3.8, 4) is 5.75 Å². The summed E-state index contributed by atoms with van der Waals surface area (Å²) >= 11 is 0. The maximum atomic E-state index is 12.2. The largest absolute Gasteiger partial charge is 0.573 e. The SMILES string of the molecule is C/C(=C\[N+](C)(c1ccc(OC(F)(F)F)cc1)C1CCC1)N=N. The summed E-state index contributed by atoms with van der Waals surface area (Å²) in [4.78, 5) is 0. The molecule has 1 aromatic rings. The fraction of sp³-hybridized carbons (Fsp3) is 0.467. The Hall–Kier alpha value is -1.89. The van der Waals surface area contributed by atoms with Crippen molar-refractivity contribution < 1.29 is 17.9 Å². The molecule has 0 radical (unpaired) electrons. The van der Waals surface area contributed by atoms with Crippen LogP contribution in [0.3, 0.4) is 0 Å². The normalized spacial score (nSPS) is 19.2. The highest BCUT2D eigenvalue weighted by atomic mass is 19.4. The number of quaternary nitrogens is 1. The Morgan fingerprint density at radius 3 is 2.32 bits per heavy atom. The first-order chi connectivity index (χ1) is 10.2. The lowest BCUT2D eigenvalue weighted by atomic mass is 9.89. The third-order valence-corrected chi connectivity index (χ3v) is 4.09. The quantitative estimate of drug-likeness (QED) is 0.605. The van der Waals surface area contributed by atoms with E-state index < -0.39 is 6.36 Å². The van der Waals surface area contributed by atoms with Gasteiger partial charge in [0.15, 0.2) is 0 Å². The zero-order valence-corrected chi connectivity index (χ0v) is 12.5. The lowest BCUT2D eigenvalue weighted by Gasteiger charge is -2.42. The van der Waals surface area contributed by atoms with Crippen molar-refractivity contribution in [2.24, 2.45) is 5.11 Å². The van der Waals surface area contributed by atoms with Crippen molar-refractivity contribution in [1.29, 1.82) is 5.53 Å². The van der Waals surface area contributed by atoms with Crippen molar-refractivity contribution in [3.05, 3.63) is 36.2 Å². The van der Waals surface area contributed by atoms with Gasteiger partial charge in [-0.2, -0.15) is 5.11 Å². The van der Waals surface area contributed by atoms with Gasteiger partial charge < -0.3 is 4.74 Å². The molecule has 0 aromatic heterocycles. The van der Waals surface area contributed by atoms with E-state index in [9.17, 15) is 13.2 Å². The number of nitrogens with zero attached hydrogens (tertiary/aromatic N) is 2. The number of rotatable bonds is 5. The molecule has 1 aliphatic carbocycles. The molecule has 4 nitrogen and oxygen atoms in total. The van der Waals surface area contributed by atoms with Gasteiger partial charge in [0.25, 0.3) is 0 Å². The van der Waals surface area contributed by atoms with Gasteiger partial charge >= 0.3 is 6.36 Å². The summed E-state index contributed by atoms with van der Waals surface area (Å²) < 4.78 is 41.0. The first kappa shape index (κ1) is 16.5. The van der Waals surface area contributed by atoms with Crippen molar-refractivity contribution in [2.75, 3.05) is 7.05 Å². The third kappa shape index (κ3) is 3.65. The third-order valence-electron chi connectivity index (χ3n) is 4.09. The second-order valence-electron chi connectivity index (χ2n) is 5.66. The highest BCUT2D eigenvalue weighted by Crippen LogP contribution is 2.37. The molecule has 1 unspecified atom stereocenters. The fourth-order valence-electron chi connectivity index (χ4n) is 2.70. The molecular formula is C15H19F3N3O+. The predicted octanol–water partition coefficient (Wildman–Crippen LogP) is 4.97. The minimum atomic E-state index is -4.69. The van der Waals surface area contributed by atoms with Crippen LogP contribution in [0.25, 0.3) is 0 Å². The first-order valence-corrected chi connectivity index (χ1v) is 7.04. The fourth-order valence-corrected chi connectivity index (χ4v) is 2.70. The van der Waals surface area contributed by atoms with Crippen LogP contribution in [0.2, 0.25) is 0 Å². The van der Waals surface area contributed by atoms with Gasteiger partial charge in [-0.15, -0.1) is 13.2 Å². The van der Waals surface area contributed by atoms with Crippen LogP contribution < -0.4 is 9.22 Å². The molecule has 120 valence electrons. The number of nitrogens with one attached hydrogen (secondary N) is 1. The summed E-state index contributed by atoms with van der Waals surface area (Å²) in [5, 5.41) is 3.43. The first-order valence-electron chi connectivity index (χ1n) is 7.04. The summed E-state index contributed by atoms with van der Waals surface area (Å²) in [5.41, 5.74) is 8.52. The molecule has 0 spiro atoms. The highest BCUT2D eigenvalue weighted by molar-refractivity contribution is 5.49. The van der Waals surface area contributed by atoms with Gasteiger partial charge in [0.1, 0.15) is 23.3 Å². The minimum Gasteiger partial charge on any atom is -0.406 e. The van der Waals surface area contributed by atoms with Crippen LogP contribution in [0, 0.1) is 5.53 Å². The number of allylic oxidation sites excluding steroid dienone is 1. The van der Waals surface area contributed by atoms with Crippen LogP contribution in [0.1, 0.15) is 26.2 Å². The number of hydrogen-bond acceptors (Lipinski definition) is 3. The number of benzene rings is 1. The van der Waals surface area contributed by atoms with Crippen molar-refractivity contribution in [1.82, 2.24) is 4.48 Å². The van der Waals surface area contributed by atoms with Gasteiger partial charge in [-0.25, -0.2) is 5.53 Å². The lowest BCUT2D eigenvalue weighted by Crippen LogP contribution is -2.52. The molecular weight excluding hydrogens is 295 g/mol. The Morgan fingerprint density at radius 1 is 1.32 bits per heavy atom. The average molecular weight is 314 g/mol. The van der Waals surface area contributed by atoms with Gasteiger partial charge in [0.05, 0.1) is 13.1 Å². The molecule has 1 fully saturated rings. The van der Waals surface area contributed by atoms with Crippen molar-refractivity contribution >= 4 is 5.69 Å². The minimum absolute atomic E-state index is 0.234. The van der Waals surface area contributed by atoms with Crippen molar-refractivity contribution in [3.63, 3.8) is 0 Å². The van der Waals surface area contributed by atoms with E-state index in [0.29, 0.717) is 16.2 Å². The number of halogens is 3. The van der Waals surface area contributed by atoms with Crippen molar-refractivity contribution in [2.45, 2.75) is 38.6 Å². The maximum absolute atomic E-state index is 12.2. The van der Waals surface area contributed by atoms with E-state index in [0.717, 1.165) is 24.9 Å². The van der Waals surface area contributed by atoms with Gasteiger partial charge in [-0.05, 0) is 25.5 Å². The van der Waals surface area contributed by atoms with E-state index in [1.54, 1.807) is 19.1 Å². The van der Waals surface area contributed by atoms with Gasteiger partial charge in [0, 0.05) is 25.0 Å². The van der Waals surface area contributed by atoms with Gasteiger partial charge in [-0.1, -0.05) is 0 Å². The second kappa shape index (κ2) is 6.08. The Bertz CT molecular complexity index is 564. The van der Waals surface area contributed by atoms with Crippen LogP contribution in [-0.2, 0) is 0 Å². The summed E-state index contributed by atoms with van der Waals surface area (Å²) in [6.45, 7) is 1.74. The summed E-state index contributed by atoms with van der Waals surface area (Å²) in [5.74, 6) is -0.234. The monoisotopic (exact) mass is 314 g/mol. The molecule has 1 atom stereocenters. The topological polar surface area (TPSA) is 45.4 Å². The zero-order chi connectivity index (χ0) is 16.4. The van der Waals surface area contributed by atoms with E-state index in [1.807, 2.05) is 13.2 Å². The molecule has 0 heterocycles. The summed E-state index contributed by atoms with van der Waals surface area (Å²) in [7, 11) is 1.98. The Labute approximate surface area is 127 Å². The summed E-state index contributed by atoms with van der Waals surface area (Å²) in [6, 6.07) is 6.25. The molecule has 1 saturated carbocycles. The van der Waals surface area contributed by atoms with E-state index in [2.05, 4.69) is 9.85 Å². The second-order valence-corrected chi connectivity index (χ2v) is 5.66. The average Bonchev–Trinajstić information content (AvgIpc) is 2.35. The molecule has 0 amide bonds. The molecule has 0 saturated heterocycles. The number of hydrogen-bond donors (Lipinski definition) is 1. The van der Waals surface area contributed by atoms with E-state index in [4.69, 9.17) is 5.53 Å². The molecule has 1 aliphatic rings. The van der Waals surface area contributed by atoms with Crippen LogP contribution in [0.5, 0.6) is 5.75 Å². The standard InChI is InChI=1S/C15H19F3N3O/c1-11(20-19)10-21(2,12-4-3-5-12)13-6-8-14(9-7-13)22-15(16,17)18/h6-10,12,19H,3-5H2,1-2H3/q+1/b11-10+,20-19?. The van der Waals surface area contributed by atoms with Crippen LogP contribution in [0.15, 0.2) is 41.3 Å². The van der Waals surface area contributed by atoms with Crippen LogP contribution >= 0.6 is 0 Å². The van der Waals surface area contributed by atoms with Crippen LogP contribution in [0.4, 0.5) is 18.9 Å². The predicted molar refractivity (Wildman–Crippen MR) is 77.4 cm³/mol. The lowest BCUT2D eigenvalue weighted by molar-refractivity contribution is -0.274. The Morgan fingerprint density at radius 2 is 1.91 bits per heavy atom. The Balaban J connectivity index is 2.30. The van der Waals surface area contributed by atoms with E-state index in [-0.39, 0.29) is 5.75 Å². The molecule has 0 aliphatic heterocycles. The zero-order valence-electron chi connectivity index (χ0n) is 12.5.